The van der Waals surface area contributed by atoms with Gasteiger partial charge >= 0.3 is 0 Å². The number of rotatable bonds is 2. The molecule has 82 valence electrons. The molecule has 1 unspecified atom stereocenters. The van der Waals surface area contributed by atoms with Crippen molar-refractivity contribution in [3.63, 3.8) is 0 Å². The molecule has 1 heterocycles. The van der Waals surface area contributed by atoms with Crippen LogP contribution in [0.3, 0.4) is 0 Å². The number of benzene rings is 1. The first-order chi connectivity index (χ1) is 7.24. The largest absolute Gasteiger partial charge is 0.376 e. The maximum Gasteiger partial charge on any atom is 0.123 e. The molecule has 15 heavy (non-hydrogen) atoms. The van der Waals surface area contributed by atoms with Crippen LogP contribution in [0.25, 0.3) is 0 Å². The summed E-state index contributed by atoms with van der Waals surface area (Å²) in [5.74, 6) is -0.159. The second kappa shape index (κ2) is 4.73. The Morgan fingerprint density at radius 3 is 3.13 bits per heavy atom. The third-order valence-corrected chi connectivity index (χ3v) is 2.62. The molecule has 2 rings (SSSR count). The van der Waals surface area contributed by atoms with Crippen molar-refractivity contribution in [1.29, 1.82) is 0 Å². The molecule has 0 aliphatic carbocycles. The minimum Gasteiger partial charge on any atom is -0.376 e. The molecular weight excluding hydrogens is 193 g/mol. The fourth-order valence-electron chi connectivity index (χ4n) is 1.93. The third-order valence-electron chi connectivity index (χ3n) is 2.62. The van der Waals surface area contributed by atoms with Crippen LogP contribution in [-0.4, -0.2) is 30.7 Å². The standard InChI is InChI=1S/C12H16FNO/c1-10-8-14(5-6-15-10)9-11-3-2-4-12(13)7-11/h2-4,7,10H,5-6,8-9H2,1H3. The van der Waals surface area contributed by atoms with Crippen LogP contribution < -0.4 is 0 Å². The highest BCUT2D eigenvalue weighted by molar-refractivity contribution is 5.16. The normalized spacial score (nSPS) is 22.9. The van der Waals surface area contributed by atoms with Crippen LogP contribution in [0.4, 0.5) is 4.39 Å². The summed E-state index contributed by atoms with van der Waals surface area (Å²) < 4.78 is 18.4. The van der Waals surface area contributed by atoms with E-state index in [4.69, 9.17) is 4.74 Å². The molecule has 0 bridgehead atoms. The number of hydrogen-bond acceptors (Lipinski definition) is 2. The van der Waals surface area contributed by atoms with E-state index in [2.05, 4.69) is 11.8 Å². The SMILES string of the molecule is CC1CN(Cc2cccc(F)c2)CCO1. The van der Waals surface area contributed by atoms with E-state index in [1.54, 1.807) is 12.1 Å². The van der Waals surface area contributed by atoms with Gasteiger partial charge in [-0.3, -0.25) is 4.90 Å². The molecule has 1 aromatic carbocycles. The summed E-state index contributed by atoms with van der Waals surface area (Å²) in [7, 11) is 0. The summed E-state index contributed by atoms with van der Waals surface area (Å²) in [5, 5.41) is 0. The summed E-state index contributed by atoms with van der Waals surface area (Å²) in [5.41, 5.74) is 1.03. The smallest absolute Gasteiger partial charge is 0.123 e. The van der Waals surface area contributed by atoms with Gasteiger partial charge in [0.2, 0.25) is 0 Å². The van der Waals surface area contributed by atoms with Gasteiger partial charge < -0.3 is 4.74 Å². The zero-order chi connectivity index (χ0) is 10.7. The Labute approximate surface area is 89.7 Å². The van der Waals surface area contributed by atoms with Crippen molar-refractivity contribution in [2.24, 2.45) is 0 Å². The minimum atomic E-state index is -0.159. The fourth-order valence-corrected chi connectivity index (χ4v) is 1.93. The lowest BCUT2D eigenvalue weighted by Gasteiger charge is -2.31. The average Bonchev–Trinajstić information content (AvgIpc) is 2.17. The first-order valence-electron chi connectivity index (χ1n) is 5.32. The van der Waals surface area contributed by atoms with Crippen LogP contribution in [0.1, 0.15) is 12.5 Å². The Kier molecular flexibility index (Phi) is 3.34. The Bertz CT molecular complexity index is 329. The fraction of sp³-hybridized carbons (Fsp3) is 0.500. The van der Waals surface area contributed by atoms with Gasteiger partial charge in [0.15, 0.2) is 0 Å². The molecule has 1 aliphatic heterocycles. The van der Waals surface area contributed by atoms with E-state index in [0.29, 0.717) is 0 Å². The van der Waals surface area contributed by atoms with Crippen LogP contribution in [0.15, 0.2) is 24.3 Å². The Morgan fingerprint density at radius 2 is 2.40 bits per heavy atom. The van der Waals surface area contributed by atoms with Gasteiger partial charge in [-0.25, -0.2) is 4.39 Å². The molecule has 1 aliphatic rings. The van der Waals surface area contributed by atoms with Gasteiger partial charge in [0.05, 0.1) is 12.7 Å². The van der Waals surface area contributed by atoms with E-state index in [-0.39, 0.29) is 11.9 Å². The number of halogens is 1. The minimum absolute atomic E-state index is 0.159. The van der Waals surface area contributed by atoms with Gasteiger partial charge in [-0.2, -0.15) is 0 Å². The lowest BCUT2D eigenvalue weighted by atomic mass is 10.2. The molecule has 0 aromatic heterocycles. The lowest BCUT2D eigenvalue weighted by molar-refractivity contribution is -0.0212. The first kappa shape index (κ1) is 10.6. The molecule has 1 aromatic rings. The highest BCUT2D eigenvalue weighted by Crippen LogP contribution is 2.11. The van der Waals surface area contributed by atoms with E-state index < -0.39 is 0 Å². The second-order valence-electron chi connectivity index (χ2n) is 4.05. The number of ether oxygens (including phenoxy) is 1. The van der Waals surface area contributed by atoms with E-state index in [1.807, 2.05) is 6.07 Å². The second-order valence-corrected chi connectivity index (χ2v) is 4.05. The number of nitrogens with zero attached hydrogens (tertiary/aromatic N) is 1. The van der Waals surface area contributed by atoms with Crippen LogP contribution >= 0.6 is 0 Å². The summed E-state index contributed by atoms with van der Waals surface area (Å²) in [6, 6.07) is 6.79. The predicted molar refractivity (Wildman–Crippen MR) is 57.1 cm³/mol. The van der Waals surface area contributed by atoms with Crippen molar-refractivity contribution < 1.29 is 9.13 Å². The molecule has 2 nitrogen and oxygen atoms in total. The Hall–Kier alpha value is -0.930. The number of morpholine rings is 1. The maximum atomic E-state index is 13.0. The Balaban J connectivity index is 1.96. The summed E-state index contributed by atoms with van der Waals surface area (Å²) in [6.07, 6.45) is 0.285. The van der Waals surface area contributed by atoms with Crippen LogP contribution in [0.5, 0.6) is 0 Å². The topological polar surface area (TPSA) is 12.5 Å². The maximum absolute atomic E-state index is 13.0. The predicted octanol–water partition coefficient (Wildman–Crippen LogP) is 2.05. The van der Waals surface area contributed by atoms with Crippen molar-refractivity contribution in [1.82, 2.24) is 4.90 Å². The van der Waals surface area contributed by atoms with Crippen molar-refractivity contribution in [2.75, 3.05) is 19.7 Å². The first-order valence-corrected chi connectivity index (χ1v) is 5.32. The average molecular weight is 209 g/mol. The third kappa shape index (κ3) is 3.01. The molecule has 1 fully saturated rings. The highest BCUT2D eigenvalue weighted by atomic mass is 19.1. The summed E-state index contributed by atoms with van der Waals surface area (Å²) in [6.45, 7) is 5.51. The zero-order valence-electron chi connectivity index (χ0n) is 8.95. The molecule has 0 saturated carbocycles. The van der Waals surface area contributed by atoms with Crippen LogP contribution in [0.2, 0.25) is 0 Å². The Morgan fingerprint density at radius 1 is 1.53 bits per heavy atom. The molecule has 0 radical (unpaired) electrons. The molecule has 0 spiro atoms. The van der Waals surface area contributed by atoms with Crippen LogP contribution in [-0.2, 0) is 11.3 Å². The van der Waals surface area contributed by atoms with Gasteiger partial charge in [0, 0.05) is 19.6 Å². The van der Waals surface area contributed by atoms with Gasteiger partial charge in [0.25, 0.3) is 0 Å². The number of hydrogen-bond donors (Lipinski definition) is 0. The molecule has 1 atom stereocenters. The van der Waals surface area contributed by atoms with E-state index >= 15 is 0 Å². The van der Waals surface area contributed by atoms with E-state index in [1.165, 1.54) is 6.07 Å². The molecule has 3 heteroatoms. The van der Waals surface area contributed by atoms with Crippen molar-refractivity contribution in [2.45, 2.75) is 19.6 Å². The monoisotopic (exact) mass is 209 g/mol. The van der Waals surface area contributed by atoms with Crippen molar-refractivity contribution in [3.8, 4) is 0 Å². The van der Waals surface area contributed by atoms with Crippen molar-refractivity contribution >= 4 is 0 Å². The lowest BCUT2D eigenvalue weighted by Crippen LogP contribution is -2.40. The molecule has 0 amide bonds. The quantitative estimate of drug-likeness (QED) is 0.739. The van der Waals surface area contributed by atoms with Gasteiger partial charge in [-0.15, -0.1) is 0 Å². The summed E-state index contributed by atoms with van der Waals surface area (Å²) >= 11 is 0. The molecule has 0 N–H and O–H groups in total. The van der Waals surface area contributed by atoms with Gasteiger partial charge in [0.1, 0.15) is 5.82 Å². The molecule has 1 saturated heterocycles. The van der Waals surface area contributed by atoms with Gasteiger partial charge in [-0.1, -0.05) is 12.1 Å². The van der Waals surface area contributed by atoms with E-state index in [0.717, 1.165) is 31.8 Å². The van der Waals surface area contributed by atoms with Gasteiger partial charge in [-0.05, 0) is 24.6 Å². The highest BCUT2D eigenvalue weighted by Gasteiger charge is 2.16. The molecular formula is C12H16FNO. The van der Waals surface area contributed by atoms with Crippen molar-refractivity contribution in [3.05, 3.63) is 35.6 Å². The van der Waals surface area contributed by atoms with Crippen LogP contribution in [0, 0.1) is 5.82 Å². The zero-order valence-corrected chi connectivity index (χ0v) is 8.95. The summed E-state index contributed by atoms with van der Waals surface area (Å²) in [4.78, 5) is 2.29. The van der Waals surface area contributed by atoms with E-state index in [9.17, 15) is 4.39 Å².